The molecule has 72 valence electrons. The number of hydrogen-bond donors (Lipinski definition) is 2. The first-order chi connectivity index (χ1) is 7.18. The SMILES string of the molecule is [B]c1nc(N)c(=O)[nH]c1-c1ccncc1. The molecule has 5 nitrogen and oxygen atoms in total. The largest absolute Gasteiger partial charge is 0.379 e. The molecule has 0 aromatic carbocycles. The summed E-state index contributed by atoms with van der Waals surface area (Å²) in [6, 6.07) is 3.44. The predicted molar refractivity (Wildman–Crippen MR) is 57.9 cm³/mol. The van der Waals surface area contributed by atoms with E-state index in [1.165, 1.54) is 0 Å². The van der Waals surface area contributed by atoms with E-state index in [0.717, 1.165) is 5.56 Å². The molecule has 0 saturated heterocycles. The number of hydrogen-bond acceptors (Lipinski definition) is 4. The molecule has 0 fully saturated rings. The third-order valence-corrected chi connectivity index (χ3v) is 1.94. The number of H-pyrrole nitrogens is 1. The summed E-state index contributed by atoms with van der Waals surface area (Å²) < 4.78 is 0. The summed E-state index contributed by atoms with van der Waals surface area (Å²) in [6.45, 7) is 0. The van der Waals surface area contributed by atoms with Crippen molar-refractivity contribution in [1.29, 1.82) is 0 Å². The summed E-state index contributed by atoms with van der Waals surface area (Å²) in [4.78, 5) is 21.4. The fourth-order valence-electron chi connectivity index (χ4n) is 1.22. The Bertz CT molecular complexity index is 538. The highest BCUT2D eigenvalue weighted by Gasteiger charge is 2.05. The minimum atomic E-state index is -0.448. The lowest BCUT2D eigenvalue weighted by Gasteiger charge is -2.05. The Labute approximate surface area is 86.8 Å². The second-order valence-electron chi connectivity index (χ2n) is 2.95. The maximum absolute atomic E-state index is 11.3. The van der Waals surface area contributed by atoms with Gasteiger partial charge in [-0.3, -0.25) is 9.78 Å². The quantitative estimate of drug-likeness (QED) is 0.588. The zero-order valence-corrected chi connectivity index (χ0v) is 7.77. The highest BCUT2D eigenvalue weighted by Crippen LogP contribution is 2.10. The average Bonchev–Trinajstić information content (AvgIpc) is 2.25. The van der Waals surface area contributed by atoms with E-state index in [2.05, 4.69) is 15.0 Å². The molecule has 0 amide bonds. The number of nitrogens with zero attached hydrogens (tertiary/aromatic N) is 2. The molecule has 2 aromatic rings. The van der Waals surface area contributed by atoms with E-state index >= 15 is 0 Å². The third-order valence-electron chi connectivity index (χ3n) is 1.94. The van der Waals surface area contributed by atoms with Crippen molar-refractivity contribution < 1.29 is 0 Å². The molecule has 0 spiro atoms. The average molecular weight is 198 g/mol. The predicted octanol–water partition coefficient (Wildman–Crippen LogP) is -0.792. The van der Waals surface area contributed by atoms with Gasteiger partial charge in [-0.1, -0.05) is 0 Å². The molecule has 6 heteroatoms. The summed E-state index contributed by atoms with van der Waals surface area (Å²) in [7, 11) is 5.64. The Morgan fingerprint density at radius 1 is 1.33 bits per heavy atom. The zero-order chi connectivity index (χ0) is 10.8. The van der Waals surface area contributed by atoms with Gasteiger partial charge in [-0.15, -0.1) is 0 Å². The Balaban J connectivity index is 2.64. The maximum atomic E-state index is 11.3. The van der Waals surface area contributed by atoms with Crippen LogP contribution in [0.5, 0.6) is 0 Å². The van der Waals surface area contributed by atoms with Crippen LogP contribution in [0.1, 0.15) is 0 Å². The highest BCUT2D eigenvalue weighted by atomic mass is 16.1. The van der Waals surface area contributed by atoms with Crippen LogP contribution >= 0.6 is 0 Å². The van der Waals surface area contributed by atoms with Crippen molar-refractivity contribution >= 4 is 19.3 Å². The molecule has 0 bridgehead atoms. The number of aromatic amines is 1. The number of nitrogens with one attached hydrogen (secondary N) is 1. The lowest BCUT2D eigenvalue weighted by atomic mass is 9.97. The molecule has 0 atom stereocenters. The van der Waals surface area contributed by atoms with Gasteiger partial charge in [-0.25, -0.2) is 4.98 Å². The van der Waals surface area contributed by atoms with Crippen LogP contribution in [-0.2, 0) is 0 Å². The van der Waals surface area contributed by atoms with Crippen LogP contribution in [0, 0.1) is 0 Å². The van der Waals surface area contributed by atoms with Crippen molar-refractivity contribution in [3.8, 4) is 11.3 Å². The van der Waals surface area contributed by atoms with E-state index in [0.29, 0.717) is 5.69 Å². The van der Waals surface area contributed by atoms with Crippen molar-refractivity contribution in [2.24, 2.45) is 0 Å². The Morgan fingerprint density at radius 3 is 2.67 bits per heavy atom. The summed E-state index contributed by atoms with van der Waals surface area (Å²) >= 11 is 0. The van der Waals surface area contributed by atoms with Crippen LogP contribution in [0.15, 0.2) is 29.3 Å². The number of anilines is 1. The number of nitrogens with two attached hydrogens (primary N) is 1. The van der Waals surface area contributed by atoms with Gasteiger partial charge >= 0.3 is 0 Å². The van der Waals surface area contributed by atoms with E-state index in [1.54, 1.807) is 24.5 Å². The van der Waals surface area contributed by atoms with Crippen molar-refractivity contribution in [3.63, 3.8) is 0 Å². The maximum Gasteiger partial charge on any atom is 0.290 e. The molecule has 0 saturated carbocycles. The summed E-state index contributed by atoms with van der Waals surface area (Å²) in [5, 5.41) is 0. The molecule has 2 heterocycles. The van der Waals surface area contributed by atoms with E-state index in [1.807, 2.05) is 0 Å². The third kappa shape index (κ3) is 1.74. The fourth-order valence-corrected chi connectivity index (χ4v) is 1.22. The first-order valence-corrected chi connectivity index (χ1v) is 4.24. The van der Waals surface area contributed by atoms with Gasteiger partial charge in [0, 0.05) is 23.6 Å². The molecule has 3 N–H and O–H groups in total. The topological polar surface area (TPSA) is 84.7 Å². The first-order valence-electron chi connectivity index (χ1n) is 4.24. The van der Waals surface area contributed by atoms with Gasteiger partial charge in [0.1, 0.15) is 7.85 Å². The monoisotopic (exact) mass is 198 g/mol. The molecule has 0 aliphatic heterocycles. The molecule has 2 radical (unpaired) electrons. The van der Waals surface area contributed by atoms with Gasteiger partial charge in [0.25, 0.3) is 5.56 Å². The first kappa shape index (κ1) is 9.45. The molecular weight excluding hydrogens is 191 g/mol. The van der Waals surface area contributed by atoms with Crippen molar-refractivity contribution in [2.75, 3.05) is 5.73 Å². The number of aromatic nitrogens is 3. The van der Waals surface area contributed by atoms with Crippen molar-refractivity contribution in [3.05, 3.63) is 34.9 Å². The molecular formula is C9H7BN4O. The molecule has 2 aromatic heterocycles. The normalized spacial score (nSPS) is 10.1. The number of pyridine rings is 1. The highest BCUT2D eigenvalue weighted by molar-refractivity contribution is 6.33. The molecule has 0 aliphatic carbocycles. The van der Waals surface area contributed by atoms with Crippen LogP contribution in [0.2, 0.25) is 0 Å². The smallest absolute Gasteiger partial charge is 0.290 e. The van der Waals surface area contributed by atoms with Gasteiger partial charge in [-0.2, -0.15) is 0 Å². The van der Waals surface area contributed by atoms with Crippen molar-refractivity contribution in [2.45, 2.75) is 0 Å². The van der Waals surface area contributed by atoms with Crippen molar-refractivity contribution in [1.82, 2.24) is 15.0 Å². The molecule has 0 unspecified atom stereocenters. The zero-order valence-electron chi connectivity index (χ0n) is 7.77. The summed E-state index contributed by atoms with van der Waals surface area (Å²) in [5.74, 6) is -0.134. The second kappa shape index (κ2) is 3.57. The lowest BCUT2D eigenvalue weighted by molar-refractivity contribution is 1.18. The summed E-state index contributed by atoms with van der Waals surface area (Å²) in [6.07, 6.45) is 3.20. The fraction of sp³-hybridized carbons (Fsp3) is 0. The van der Waals surface area contributed by atoms with Crippen LogP contribution in [0.4, 0.5) is 5.82 Å². The van der Waals surface area contributed by atoms with Crippen LogP contribution in [0.25, 0.3) is 11.3 Å². The standard InChI is InChI=1S/C9H7BN4O/c10-7-6(5-1-3-12-4-2-5)13-9(15)8(11)14-7/h1-4H,(H2,11,14)(H,13,15). The van der Waals surface area contributed by atoms with Gasteiger partial charge < -0.3 is 10.7 Å². The van der Waals surface area contributed by atoms with Gasteiger partial charge in [0.05, 0.1) is 5.69 Å². The van der Waals surface area contributed by atoms with Gasteiger partial charge in [0.2, 0.25) is 0 Å². The van der Waals surface area contributed by atoms with Crippen LogP contribution < -0.4 is 16.9 Å². The molecule has 15 heavy (non-hydrogen) atoms. The van der Waals surface area contributed by atoms with E-state index in [9.17, 15) is 4.79 Å². The Morgan fingerprint density at radius 2 is 2.00 bits per heavy atom. The van der Waals surface area contributed by atoms with Gasteiger partial charge in [0.15, 0.2) is 5.82 Å². The lowest BCUT2D eigenvalue weighted by Crippen LogP contribution is -2.25. The Kier molecular flexibility index (Phi) is 2.25. The second-order valence-corrected chi connectivity index (χ2v) is 2.95. The van der Waals surface area contributed by atoms with E-state index < -0.39 is 5.56 Å². The van der Waals surface area contributed by atoms with Crippen LogP contribution in [0.3, 0.4) is 0 Å². The van der Waals surface area contributed by atoms with Crippen LogP contribution in [-0.4, -0.2) is 22.8 Å². The molecule has 2 rings (SSSR count). The Hall–Kier alpha value is -2.11. The summed E-state index contributed by atoms with van der Waals surface area (Å²) in [5.41, 5.74) is 6.26. The number of rotatable bonds is 1. The minimum absolute atomic E-state index is 0.134. The van der Waals surface area contributed by atoms with Gasteiger partial charge in [-0.05, 0) is 12.1 Å². The molecule has 0 aliphatic rings. The van der Waals surface area contributed by atoms with E-state index in [-0.39, 0.29) is 11.4 Å². The number of nitrogen functional groups attached to an aromatic ring is 1. The van der Waals surface area contributed by atoms with E-state index in [4.69, 9.17) is 13.6 Å². The minimum Gasteiger partial charge on any atom is -0.379 e.